The number of nitriles is 1. The largest absolute Gasteiger partial charge is 0.492 e. The van der Waals surface area contributed by atoms with Crippen LogP contribution in [-0.4, -0.2) is 43.1 Å². The van der Waals surface area contributed by atoms with Crippen molar-refractivity contribution in [1.29, 1.82) is 5.26 Å². The van der Waals surface area contributed by atoms with Crippen molar-refractivity contribution in [3.8, 4) is 11.8 Å². The van der Waals surface area contributed by atoms with Gasteiger partial charge in [-0.25, -0.2) is 0 Å². The molecule has 1 saturated carbocycles. The lowest BCUT2D eigenvalue weighted by atomic mass is 10.0. The van der Waals surface area contributed by atoms with Crippen LogP contribution in [0.4, 0.5) is 0 Å². The molecular weight excluding hydrogens is 290 g/mol. The van der Waals surface area contributed by atoms with Gasteiger partial charge < -0.3 is 10.1 Å². The Morgan fingerprint density at radius 3 is 2.78 bits per heavy atom. The number of hydrogen-bond donors (Lipinski definition) is 1. The van der Waals surface area contributed by atoms with Crippen LogP contribution in [-0.2, 0) is 4.79 Å². The molecule has 0 unspecified atom stereocenters. The van der Waals surface area contributed by atoms with Crippen LogP contribution in [0.1, 0.15) is 31.2 Å². The number of carbonyl (C=O) groups excluding carboxylic acids is 1. The highest BCUT2D eigenvalue weighted by molar-refractivity contribution is 5.81. The Morgan fingerprint density at radius 1 is 1.30 bits per heavy atom. The average Bonchev–Trinajstić information content (AvgIpc) is 3.42. The van der Waals surface area contributed by atoms with Crippen LogP contribution in [0.2, 0.25) is 0 Å². The maximum Gasteiger partial charge on any atom is 0.223 e. The van der Waals surface area contributed by atoms with Crippen molar-refractivity contribution in [3.63, 3.8) is 0 Å². The number of rotatable bonds is 6. The maximum atomic E-state index is 11.8. The van der Waals surface area contributed by atoms with Crippen LogP contribution >= 0.6 is 0 Å². The SMILES string of the molecule is N#Cc1cccc(OCCN2CCC(NC(=O)C3CC3)CC2)c1. The summed E-state index contributed by atoms with van der Waals surface area (Å²) in [4.78, 5) is 14.1. The second-order valence-corrected chi connectivity index (χ2v) is 6.39. The molecule has 0 radical (unpaired) electrons. The monoisotopic (exact) mass is 313 g/mol. The summed E-state index contributed by atoms with van der Waals surface area (Å²) in [5.41, 5.74) is 0.620. The van der Waals surface area contributed by atoms with Gasteiger partial charge in [0.25, 0.3) is 0 Å². The second kappa shape index (κ2) is 7.47. The highest BCUT2D eigenvalue weighted by Crippen LogP contribution is 2.29. The molecule has 0 atom stereocenters. The van der Waals surface area contributed by atoms with Crippen molar-refractivity contribution in [2.45, 2.75) is 31.7 Å². The number of ether oxygens (including phenoxy) is 1. The van der Waals surface area contributed by atoms with Gasteiger partial charge in [0.1, 0.15) is 12.4 Å². The number of piperidine rings is 1. The van der Waals surface area contributed by atoms with Gasteiger partial charge in [-0.05, 0) is 43.9 Å². The maximum absolute atomic E-state index is 11.8. The summed E-state index contributed by atoms with van der Waals surface area (Å²) >= 11 is 0. The summed E-state index contributed by atoms with van der Waals surface area (Å²) in [7, 11) is 0. The molecule has 2 aliphatic rings. The summed E-state index contributed by atoms with van der Waals surface area (Å²) in [6, 6.07) is 9.70. The van der Waals surface area contributed by atoms with Crippen molar-refractivity contribution in [1.82, 2.24) is 10.2 Å². The lowest BCUT2D eigenvalue weighted by Crippen LogP contribution is -2.45. The summed E-state index contributed by atoms with van der Waals surface area (Å²) in [5.74, 6) is 1.30. The Balaban J connectivity index is 1.34. The molecule has 122 valence electrons. The van der Waals surface area contributed by atoms with Gasteiger partial charge in [-0.15, -0.1) is 0 Å². The van der Waals surface area contributed by atoms with Crippen LogP contribution in [0.15, 0.2) is 24.3 Å². The number of carbonyl (C=O) groups is 1. The first-order valence-electron chi connectivity index (χ1n) is 8.40. The van der Waals surface area contributed by atoms with E-state index in [4.69, 9.17) is 10.00 Å². The molecule has 0 aromatic heterocycles. The molecule has 1 heterocycles. The Kier molecular flexibility index (Phi) is 5.14. The molecule has 23 heavy (non-hydrogen) atoms. The third-order valence-corrected chi connectivity index (χ3v) is 4.52. The predicted molar refractivity (Wildman–Crippen MR) is 87.0 cm³/mol. The molecule has 3 rings (SSSR count). The number of amides is 1. The molecule has 1 saturated heterocycles. The Hall–Kier alpha value is -2.06. The number of nitrogens with zero attached hydrogens (tertiary/aromatic N) is 2. The fourth-order valence-electron chi connectivity index (χ4n) is 2.91. The molecule has 5 nitrogen and oxygen atoms in total. The van der Waals surface area contributed by atoms with E-state index >= 15 is 0 Å². The van der Waals surface area contributed by atoms with Crippen molar-refractivity contribution in [2.24, 2.45) is 5.92 Å². The molecule has 0 bridgehead atoms. The molecule has 1 amide bonds. The molecule has 1 aliphatic carbocycles. The number of hydrogen-bond acceptors (Lipinski definition) is 4. The van der Waals surface area contributed by atoms with E-state index in [1.165, 1.54) is 0 Å². The van der Waals surface area contributed by atoms with Crippen LogP contribution in [0.3, 0.4) is 0 Å². The van der Waals surface area contributed by atoms with E-state index in [2.05, 4.69) is 16.3 Å². The van der Waals surface area contributed by atoms with Crippen molar-refractivity contribution >= 4 is 5.91 Å². The first kappa shape index (κ1) is 15.8. The summed E-state index contributed by atoms with van der Waals surface area (Å²) in [5, 5.41) is 12.0. The lowest BCUT2D eigenvalue weighted by Gasteiger charge is -2.32. The zero-order valence-electron chi connectivity index (χ0n) is 13.3. The highest BCUT2D eigenvalue weighted by Gasteiger charge is 2.31. The smallest absolute Gasteiger partial charge is 0.223 e. The molecule has 5 heteroatoms. The zero-order valence-corrected chi connectivity index (χ0v) is 13.3. The molecule has 1 N–H and O–H groups in total. The van der Waals surface area contributed by atoms with Crippen LogP contribution < -0.4 is 10.1 Å². The zero-order chi connectivity index (χ0) is 16.1. The van der Waals surface area contributed by atoms with Gasteiger partial charge in [0.05, 0.1) is 11.6 Å². The predicted octanol–water partition coefficient (Wildman–Crippen LogP) is 1.93. The first-order chi connectivity index (χ1) is 11.2. The van der Waals surface area contributed by atoms with Crippen molar-refractivity contribution in [2.75, 3.05) is 26.2 Å². The lowest BCUT2D eigenvalue weighted by molar-refractivity contribution is -0.123. The van der Waals surface area contributed by atoms with Gasteiger partial charge in [-0.2, -0.15) is 5.26 Å². The quantitative estimate of drug-likeness (QED) is 0.871. The number of nitrogens with one attached hydrogen (secondary N) is 1. The van der Waals surface area contributed by atoms with Crippen LogP contribution in [0.5, 0.6) is 5.75 Å². The minimum absolute atomic E-state index is 0.254. The van der Waals surface area contributed by atoms with Gasteiger partial charge in [0, 0.05) is 31.6 Å². The molecule has 2 fully saturated rings. The Labute approximate surface area is 137 Å². The van der Waals surface area contributed by atoms with E-state index in [1.807, 2.05) is 12.1 Å². The van der Waals surface area contributed by atoms with Gasteiger partial charge in [0.2, 0.25) is 5.91 Å². The summed E-state index contributed by atoms with van der Waals surface area (Å²) < 4.78 is 5.72. The van der Waals surface area contributed by atoms with E-state index in [0.717, 1.165) is 51.1 Å². The van der Waals surface area contributed by atoms with Gasteiger partial charge in [0.15, 0.2) is 0 Å². The van der Waals surface area contributed by atoms with Gasteiger partial charge in [-0.1, -0.05) is 6.07 Å². The first-order valence-corrected chi connectivity index (χ1v) is 8.40. The van der Waals surface area contributed by atoms with Crippen molar-refractivity contribution < 1.29 is 9.53 Å². The summed E-state index contributed by atoms with van der Waals surface area (Å²) in [6.45, 7) is 3.49. The summed E-state index contributed by atoms with van der Waals surface area (Å²) in [6.07, 6.45) is 4.16. The standard InChI is InChI=1S/C18H23N3O2/c19-13-14-2-1-3-17(12-14)23-11-10-21-8-6-16(7-9-21)20-18(22)15-4-5-15/h1-3,12,15-16H,4-11H2,(H,20,22). The van der Waals surface area contributed by atoms with Crippen LogP contribution in [0, 0.1) is 17.2 Å². The highest BCUT2D eigenvalue weighted by atomic mass is 16.5. The van der Waals surface area contributed by atoms with E-state index < -0.39 is 0 Å². The Morgan fingerprint density at radius 2 is 2.09 bits per heavy atom. The molecule has 1 aromatic carbocycles. The fraction of sp³-hybridized carbons (Fsp3) is 0.556. The van der Waals surface area contributed by atoms with E-state index in [0.29, 0.717) is 24.1 Å². The molecular formula is C18H23N3O2. The average molecular weight is 313 g/mol. The van der Waals surface area contributed by atoms with E-state index in [-0.39, 0.29) is 5.91 Å². The second-order valence-electron chi connectivity index (χ2n) is 6.39. The van der Waals surface area contributed by atoms with Crippen molar-refractivity contribution in [3.05, 3.63) is 29.8 Å². The normalized spacial score (nSPS) is 19.1. The minimum atomic E-state index is 0.254. The third kappa shape index (κ3) is 4.70. The number of likely N-dealkylation sites (tertiary alicyclic amines) is 1. The molecule has 1 aliphatic heterocycles. The third-order valence-electron chi connectivity index (χ3n) is 4.52. The van der Waals surface area contributed by atoms with Gasteiger partial charge in [-0.3, -0.25) is 9.69 Å². The van der Waals surface area contributed by atoms with E-state index in [1.54, 1.807) is 12.1 Å². The number of benzene rings is 1. The van der Waals surface area contributed by atoms with Crippen LogP contribution in [0.25, 0.3) is 0 Å². The minimum Gasteiger partial charge on any atom is -0.492 e. The topological polar surface area (TPSA) is 65.4 Å². The Bertz CT molecular complexity index is 584. The van der Waals surface area contributed by atoms with Gasteiger partial charge >= 0.3 is 0 Å². The molecule has 1 aromatic rings. The van der Waals surface area contributed by atoms with E-state index in [9.17, 15) is 4.79 Å². The fourth-order valence-corrected chi connectivity index (χ4v) is 2.91. The molecule has 0 spiro atoms.